The molecule has 1 aromatic carbocycles. The van der Waals surface area contributed by atoms with Crippen molar-refractivity contribution in [3.05, 3.63) is 58.3 Å². The van der Waals surface area contributed by atoms with Gasteiger partial charge in [0.2, 0.25) is 5.91 Å². The van der Waals surface area contributed by atoms with E-state index in [1.807, 2.05) is 24.3 Å². The number of nitrogens with one attached hydrogen (secondary N) is 1. The SMILES string of the molecule is NC1CCC(C(=O)NC(Cc2ccccc2)c2cccs2)C1. The summed E-state index contributed by atoms with van der Waals surface area (Å²) in [6.07, 6.45) is 3.51. The molecule has 1 saturated carbocycles. The molecule has 2 aromatic rings. The van der Waals surface area contributed by atoms with Crippen molar-refractivity contribution in [2.45, 2.75) is 37.8 Å². The van der Waals surface area contributed by atoms with E-state index < -0.39 is 0 Å². The first kappa shape index (κ1) is 15.3. The Kier molecular flexibility index (Phi) is 4.90. The Labute approximate surface area is 135 Å². The van der Waals surface area contributed by atoms with E-state index in [-0.39, 0.29) is 23.9 Å². The van der Waals surface area contributed by atoms with Crippen LogP contribution < -0.4 is 11.1 Å². The Balaban J connectivity index is 1.70. The lowest BCUT2D eigenvalue weighted by Crippen LogP contribution is -2.34. The number of amides is 1. The first-order chi connectivity index (χ1) is 10.7. The zero-order valence-corrected chi connectivity index (χ0v) is 13.4. The lowest BCUT2D eigenvalue weighted by Gasteiger charge is -2.20. The van der Waals surface area contributed by atoms with Gasteiger partial charge >= 0.3 is 0 Å². The molecule has 1 fully saturated rings. The van der Waals surface area contributed by atoms with Crippen molar-refractivity contribution >= 4 is 17.2 Å². The fraction of sp³-hybridized carbons (Fsp3) is 0.389. The van der Waals surface area contributed by atoms with Crippen LogP contribution in [0.25, 0.3) is 0 Å². The third-order valence-corrected chi connectivity index (χ3v) is 5.32. The Bertz CT molecular complexity index is 597. The maximum absolute atomic E-state index is 12.5. The molecule has 1 amide bonds. The molecule has 3 N–H and O–H groups in total. The molecule has 0 bridgehead atoms. The summed E-state index contributed by atoms with van der Waals surface area (Å²) in [5.74, 6) is 0.232. The molecule has 1 aliphatic rings. The van der Waals surface area contributed by atoms with Gasteiger partial charge in [0, 0.05) is 16.8 Å². The normalized spacial score (nSPS) is 22.4. The summed E-state index contributed by atoms with van der Waals surface area (Å²) in [5.41, 5.74) is 7.17. The Morgan fingerprint density at radius 2 is 2.05 bits per heavy atom. The zero-order chi connectivity index (χ0) is 15.4. The van der Waals surface area contributed by atoms with Gasteiger partial charge in [-0.15, -0.1) is 11.3 Å². The molecule has 3 nitrogen and oxygen atoms in total. The zero-order valence-electron chi connectivity index (χ0n) is 12.6. The van der Waals surface area contributed by atoms with Crippen LogP contribution in [0.5, 0.6) is 0 Å². The highest BCUT2D eigenvalue weighted by Gasteiger charge is 2.29. The summed E-state index contributed by atoms with van der Waals surface area (Å²) in [5, 5.41) is 5.31. The fourth-order valence-electron chi connectivity index (χ4n) is 3.11. The molecule has 3 rings (SSSR count). The minimum Gasteiger partial charge on any atom is -0.348 e. The highest BCUT2D eigenvalue weighted by molar-refractivity contribution is 7.10. The van der Waals surface area contributed by atoms with Crippen molar-refractivity contribution < 1.29 is 4.79 Å². The van der Waals surface area contributed by atoms with Gasteiger partial charge in [-0.1, -0.05) is 36.4 Å². The Hall–Kier alpha value is -1.65. The van der Waals surface area contributed by atoms with Crippen LogP contribution >= 0.6 is 11.3 Å². The van der Waals surface area contributed by atoms with Gasteiger partial charge in [0.05, 0.1) is 6.04 Å². The fourth-order valence-corrected chi connectivity index (χ4v) is 3.88. The van der Waals surface area contributed by atoms with Crippen molar-refractivity contribution in [1.82, 2.24) is 5.32 Å². The third-order valence-electron chi connectivity index (χ3n) is 4.33. The molecule has 0 saturated heterocycles. The number of thiophene rings is 1. The van der Waals surface area contributed by atoms with Gasteiger partial charge in [-0.05, 0) is 42.7 Å². The first-order valence-electron chi connectivity index (χ1n) is 7.85. The van der Waals surface area contributed by atoms with E-state index in [1.54, 1.807) is 11.3 Å². The number of hydrogen-bond donors (Lipinski definition) is 2. The molecule has 116 valence electrons. The summed E-state index contributed by atoms with van der Waals surface area (Å²) < 4.78 is 0. The molecule has 0 radical (unpaired) electrons. The average molecular weight is 314 g/mol. The maximum atomic E-state index is 12.5. The predicted octanol–water partition coefficient (Wildman–Crippen LogP) is 3.28. The highest BCUT2D eigenvalue weighted by atomic mass is 32.1. The molecule has 3 unspecified atom stereocenters. The van der Waals surface area contributed by atoms with E-state index in [0.717, 1.165) is 25.7 Å². The highest BCUT2D eigenvalue weighted by Crippen LogP contribution is 2.27. The number of hydrogen-bond acceptors (Lipinski definition) is 3. The summed E-state index contributed by atoms with van der Waals surface area (Å²) in [6, 6.07) is 14.7. The lowest BCUT2D eigenvalue weighted by molar-refractivity contribution is -0.125. The molecular formula is C18H22N2OS. The number of carbonyl (C=O) groups excluding carboxylic acids is 1. The molecule has 1 aliphatic carbocycles. The van der Waals surface area contributed by atoms with E-state index in [0.29, 0.717) is 0 Å². The van der Waals surface area contributed by atoms with Crippen molar-refractivity contribution in [2.75, 3.05) is 0 Å². The maximum Gasteiger partial charge on any atom is 0.223 e. The molecule has 3 atom stereocenters. The van der Waals surface area contributed by atoms with Crippen LogP contribution in [0.1, 0.15) is 35.7 Å². The van der Waals surface area contributed by atoms with Crippen LogP contribution in [0.4, 0.5) is 0 Å². The van der Waals surface area contributed by atoms with Gasteiger partial charge in [0.1, 0.15) is 0 Å². The van der Waals surface area contributed by atoms with Crippen molar-refractivity contribution in [2.24, 2.45) is 11.7 Å². The van der Waals surface area contributed by atoms with Gasteiger partial charge in [-0.25, -0.2) is 0 Å². The van der Waals surface area contributed by atoms with Gasteiger partial charge in [-0.2, -0.15) is 0 Å². The van der Waals surface area contributed by atoms with Crippen molar-refractivity contribution in [3.63, 3.8) is 0 Å². The van der Waals surface area contributed by atoms with Crippen LogP contribution in [0, 0.1) is 5.92 Å². The minimum absolute atomic E-state index is 0.0479. The van der Waals surface area contributed by atoms with E-state index in [2.05, 4.69) is 28.9 Å². The molecule has 1 aromatic heterocycles. The Morgan fingerprint density at radius 1 is 1.23 bits per heavy atom. The van der Waals surface area contributed by atoms with E-state index in [1.165, 1.54) is 10.4 Å². The first-order valence-corrected chi connectivity index (χ1v) is 8.73. The second kappa shape index (κ2) is 7.07. The van der Waals surface area contributed by atoms with E-state index >= 15 is 0 Å². The molecule has 0 spiro atoms. The van der Waals surface area contributed by atoms with Crippen molar-refractivity contribution in [3.8, 4) is 0 Å². The topological polar surface area (TPSA) is 55.1 Å². The Morgan fingerprint density at radius 3 is 2.68 bits per heavy atom. The monoisotopic (exact) mass is 314 g/mol. The largest absolute Gasteiger partial charge is 0.348 e. The molecule has 4 heteroatoms. The summed E-state index contributed by atoms with van der Waals surface area (Å²) in [7, 11) is 0. The van der Waals surface area contributed by atoms with Gasteiger partial charge < -0.3 is 11.1 Å². The van der Waals surface area contributed by atoms with E-state index in [4.69, 9.17) is 5.73 Å². The summed E-state index contributed by atoms with van der Waals surface area (Å²) in [6.45, 7) is 0. The minimum atomic E-state index is 0.0479. The van der Waals surface area contributed by atoms with Gasteiger partial charge in [0.25, 0.3) is 0 Å². The van der Waals surface area contributed by atoms with Crippen LogP contribution in [-0.2, 0) is 11.2 Å². The quantitative estimate of drug-likeness (QED) is 0.890. The average Bonchev–Trinajstić information content (AvgIpc) is 3.19. The number of benzene rings is 1. The number of nitrogens with two attached hydrogens (primary N) is 1. The summed E-state index contributed by atoms with van der Waals surface area (Å²) >= 11 is 1.70. The molecule has 22 heavy (non-hydrogen) atoms. The van der Waals surface area contributed by atoms with Crippen LogP contribution in [-0.4, -0.2) is 11.9 Å². The lowest BCUT2D eigenvalue weighted by atomic mass is 10.0. The van der Waals surface area contributed by atoms with Crippen molar-refractivity contribution in [1.29, 1.82) is 0 Å². The van der Waals surface area contributed by atoms with Crippen LogP contribution in [0.2, 0.25) is 0 Å². The van der Waals surface area contributed by atoms with Gasteiger partial charge in [0.15, 0.2) is 0 Å². The number of rotatable bonds is 5. The second-order valence-corrected chi connectivity index (χ2v) is 7.02. The van der Waals surface area contributed by atoms with Gasteiger partial charge in [-0.3, -0.25) is 4.79 Å². The van der Waals surface area contributed by atoms with Crippen LogP contribution in [0.3, 0.4) is 0 Å². The van der Waals surface area contributed by atoms with E-state index in [9.17, 15) is 4.79 Å². The summed E-state index contributed by atoms with van der Waals surface area (Å²) in [4.78, 5) is 13.7. The predicted molar refractivity (Wildman–Crippen MR) is 90.7 cm³/mol. The standard InChI is InChI=1S/C18H22N2OS/c19-15-9-8-14(12-15)18(21)20-16(17-7-4-10-22-17)11-13-5-2-1-3-6-13/h1-7,10,14-16H,8-9,11-12,19H2,(H,20,21). The number of carbonyl (C=O) groups is 1. The molecule has 1 heterocycles. The molecular weight excluding hydrogens is 292 g/mol. The smallest absolute Gasteiger partial charge is 0.223 e. The third kappa shape index (κ3) is 3.76. The second-order valence-electron chi connectivity index (χ2n) is 6.04. The van der Waals surface area contributed by atoms with Crippen LogP contribution in [0.15, 0.2) is 47.8 Å². The molecule has 0 aliphatic heterocycles.